The van der Waals surface area contributed by atoms with E-state index in [1.54, 1.807) is 28.1 Å². The van der Waals surface area contributed by atoms with Crippen molar-refractivity contribution in [3.63, 3.8) is 0 Å². The van der Waals surface area contributed by atoms with Gasteiger partial charge in [0.15, 0.2) is 11.6 Å². The molecule has 0 spiro atoms. The first-order valence-electron chi connectivity index (χ1n) is 8.64. The molecular formula is C17H28N4O4. The molecule has 0 aliphatic carbocycles. The Kier molecular flexibility index (Phi) is 6.81. The fourth-order valence-electron chi connectivity index (χ4n) is 2.85. The number of hydrogen-bond donors (Lipinski definition) is 1. The molecule has 1 saturated heterocycles. The second-order valence-corrected chi connectivity index (χ2v) is 6.50. The average Bonchev–Trinajstić information content (AvgIpc) is 2.99. The zero-order valence-corrected chi connectivity index (χ0v) is 15.5. The fourth-order valence-corrected chi connectivity index (χ4v) is 2.85. The molecule has 0 unspecified atom stereocenters. The van der Waals surface area contributed by atoms with Gasteiger partial charge in [-0.25, -0.2) is 9.78 Å². The number of aromatic nitrogens is 1. The van der Waals surface area contributed by atoms with E-state index in [9.17, 15) is 9.59 Å². The Balaban J connectivity index is 1.87. The largest absolute Gasteiger partial charge is 0.445 e. The quantitative estimate of drug-likeness (QED) is 0.786. The van der Waals surface area contributed by atoms with Crippen molar-refractivity contribution >= 4 is 11.9 Å². The summed E-state index contributed by atoms with van der Waals surface area (Å²) in [6.07, 6.45) is 2.36. The smallest absolute Gasteiger partial charge is 0.317 e. The Hall–Kier alpha value is -2.09. The van der Waals surface area contributed by atoms with Gasteiger partial charge in [0.2, 0.25) is 0 Å². The van der Waals surface area contributed by atoms with Gasteiger partial charge in [0.05, 0.1) is 0 Å². The predicted molar refractivity (Wildman–Crippen MR) is 92.7 cm³/mol. The summed E-state index contributed by atoms with van der Waals surface area (Å²) in [5.74, 6) is 1.13. The lowest BCUT2D eigenvalue weighted by Crippen LogP contribution is -2.44. The molecule has 140 valence electrons. The van der Waals surface area contributed by atoms with Crippen LogP contribution >= 0.6 is 0 Å². The number of urea groups is 1. The van der Waals surface area contributed by atoms with Crippen molar-refractivity contribution in [3.8, 4) is 0 Å². The highest BCUT2D eigenvalue weighted by Crippen LogP contribution is 2.29. The van der Waals surface area contributed by atoms with E-state index in [1.807, 2.05) is 4.90 Å². The lowest BCUT2D eigenvalue weighted by molar-refractivity contribution is 0.0821. The molecule has 3 amide bonds. The van der Waals surface area contributed by atoms with Crippen molar-refractivity contribution in [2.45, 2.75) is 32.1 Å². The first-order chi connectivity index (χ1) is 11.9. The maximum Gasteiger partial charge on any atom is 0.317 e. The second kappa shape index (κ2) is 8.84. The molecule has 1 aromatic rings. The van der Waals surface area contributed by atoms with Gasteiger partial charge in [-0.15, -0.1) is 0 Å². The molecule has 8 heteroatoms. The van der Waals surface area contributed by atoms with Crippen molar-refractivity contribution in [2.75, 3.05) is 47.4 Å². The molecule has 1 aliphatic rings. The number of piperidine rings is 1. The molecule has 2 rings (SSSR count). The molecule has 2 heterocycles. The molecule has 1 aliphatic heterocycles. The van der Waals surface area contributed by atoms with E-state index >= 15 is 0 Å². The Labute approximate surface area is 148 Å². The number of rotatable bonds is 6. The minimum absolute atomic E-state index is 0.0402. The minimum atomic E-state index is -0.152. The number of carbonyl (C=O) groups is 2. The molecule has 1 aromatic heterocycles. The monoisotopic (exact) mass is 352 g/mol. The van der Waals surface area contributed by atoms with Crippen molar-refractivity contribution < 1.29 is 18.7 Å². The third-order valence-electron chi connectivity index (χ3n) is 4.35. The standard InChI is InChI=1S/C17H28N4O4/c1-12-14(16(22)20(2)3)19-15(25-12)13-6-9-21(10-7-13)17(23)18-8-5-11-24-4/h13H,5-11H2,1-4H3,(H,18,23). The SMILES string of the molecule is COCCCNC(=O)N1CCC(c2nc(C(=O)N(C)C)c(C)o2)CC1. The first-order valence-corrected chi connectivity index (χ1v) is 8.64. The molecule has 0 atom stereocenters. The van der Waals surface area contributed by atoms with Gasteiger partial charge in [0.25, 0.3) is 5.91 Å². The number of aryl methyl sites for hydroxylation is 1. The van der Waals surface area contributed by atoms with Crippen molar-refractivity contribution in [3.05, 3.63) is 17.3 Å². The summed E-state index contributed by atoms with van der Waals surface area (Å²) in [6.45, 7) is 4.32. The Morgan fingerprint density at radius 2 is 2.04 bits per heavy atom. The van der Waals surface area contributed by atoms with Crippen LogP contribution in [-0.2, 0) is 4.74 Å². The zero-order chi connectivity index (χ0) is 18.4. The van der Waals surface area contributed by atoms with Gasteiger partial charge in [-0.05, 0) is 26.2 Å². The summed E-state index contributed by atoms with van der Waals surface area (Å²) in [5.41, 5.74) is 0.373. The lowest BCUT2D eigenvalue weighted by atomic mass is 9.97. The van der Waals surface area contributed by atoms with Crippen LogP contribution in [-0.4, -0.2) is 74.2 Å². The molecule has 1 N–H and O–H groups in total. The molecular weight excluding hydrogens is 324 g/mol. The molecule has 0 bridgehead atoms. The third kappa shape index (κ3) is 4.94. The van der Waals surface area contributed by atoms with Crippen molar-refractivity contribution in [1.82, 2.24) is 20.1 Å². The van der Waals surface area contributed by atoms with Gasteiger partial charge < -0.3 is 24.3 Å². The summed E-state index contributed by atoms with van der Waals surface area (Å²) >= 11 is 0. The fraction of sp³-hybridized carbons (Fsp3) is 0.706. The summed E-state index contributed by atoms with van der Waals surface area (Å²) < 4.78 is 10.7. The van der Waals surface area contributed by atoms with Crippen LogP contribution in [0.2, 0.25) is 0 Å². The van der Waals surface area contributed by atoms with Crippen LogP contribution < -0.4 is 5.32 Å². The van der Waals surface area contributed by atoms with Crippen LogP contribution in [0.4, 0.5) is 4.79 Å². The van der Waals surface area contributed by atoms with Crippen molar-refractivity contribution in [2.24, 2.45) is 0 Å². The van der Waals surface area contributed by atoms with E-state index in [0.29, 0.717) is 43.6 Å². The second-order valence-electron chi connectivity index (χ2n) is 6.50. The van der Waals surface area contributed by atoms with E-state index in [1.165, 1.54) is 4.90 Å². The number of nitrogens with one attached hydrogen (secondary N) is 1. The van der Waals surface area contributed by atoms with E-state index in [0.717, 1.165) is 19.3 Å². The van der Waals surface area contributed by atoms with E-state index < -0.39 is 0 Å². The Morgan fingerprint density at radius 3 is 2.64 bits per heavy atom. The zero-order valence-electron chi connectivity index (χ0n) is 15.5. The number of carbonyl (C=O) groups excluding carboxylic acids is 2. The van der Waals surface area contributed by atoms with Crippen LogP contribution in [0, 0.1) is 6.92 Å². The van der Waals surface area contributed by atoms with E-state index in [4.69, 9.17) is 9.15 Å². The van der Waals surface area contributed by atoms with Crippen LogP contribution in [0.25, 0.3) is 0 Å². The van der Waals surface area contributed by atoms with Crippen molar-refractivity contribution in [1.29, 1.82) is 0 Å². The highest BCUT2D eigenvalue weighted by molar-refractivity contribution is 5.92. The number of oxazole rings is 1. The predicted octanol–water partition coefficient (Wildman–Crippen LogP) is 1.61. The van der Waals surface area contributed by atoms with Crippen LogP contribution in [0.5, 0.6) is 0 Å². The number of amides is 3. The minimum Gasteiger partial charge on any atom is -0.445 e. The maximum atomic E-state index is 12.1. The normalized spacial score (nSPS) is 15.3. The number of likely N-dealkylation sites (tertiary alicyclic amines) is 1. The Morgan fingerprint density at radius 1 is 1.36 bits per heavy atom. The number of ether oxygens (including phenoxy) is 1. The molecule has 8 nitrogen and oxygen atoms in total. The summed E-state index contributed by atoms with van der Waals surface area (Å²) in [7, 11) is 5.04. The topological polar surface area (TPSA) is 87.9 Å². The van der Waals surface area contributed by atoms with Crippen LogP contribution in [0.1, 0.15) is 47.3 Å². The van der Waals surface area contributed by atoms with Gasteiger partial charge in [-0.1, -0.05) is 0 Å². The van der Waals surface area contributed by atoms with Crippen LogP contribution in [0.3, 0.4) is 0 Å². The van der Waals surface area contributed by atoms with Gasteiger partial charge in [-0.3, -0.25) is 4.79 Å². The first kappa shape index (κ1) is 19.2. The van der Waals surface area contributed by atoms with Gasteiger partial charge >= 0.3 is 6.03 Å². The molecule has 25 heavy (non-hydrogen) atoms. The third-order valence-corrected chi connectivity index (χ3v) is 4.35. The number of nitrogens with zero attached hydrogens (tertiary/aromatic N) is 3. The summed E-state index contributed by atoms with van der Waals surface area (Å²) in [6, 6.07) is -0.0402. The highest BCUT2D eigenvalue weighted by Gasteiger charge is 2.28. The molecule has 0 aromatic carbocycles. The van der Waals surface area contributed by atoms with Gasteiger partial charge in [0.1, 0.15) is 5.76 Å². The van der Waals surface area contributed by atoms with Gasteiger partial charge in [-0.2, -0.15) is 0 Å². The molecule has 0 saturated carbocycles. The summed E-state index contributed by atoms with van der Waals surface area (Å²) in [4.78, 5) is 31.9. The Bertz CT molecular complexity index is 591. The maximum absolute atomic E-state index is 12.1. The summed E-state index contributed by atoms with van der Waals surface area (Å²) in [5, 5.41) is 2.90. The average molecular weight is 352 g/mol. The van der Waals surface area contributed by atoms with E-state index in [-0.39, 0.29) is 17.9 Å². The lowest BCUT2D eigenvalue weighted by Gasteiger charge is -2.30. The van der Waals surface area contributed by atoms with Gasteiger partial charge in [0, 0.05) is 53.4 Å². The van der Waals surface area contributed by atoms with E-state index in [2.05, 4.69) is 10.3 Å². The van der Waals surface area contributed by atoms with Crippen LogP contribution in [0.15, 0.2) is 4.42 Å². The highest BCUT2D eigenvalue weighted by atomic mass is 16.5. The number of hydrogen-bond acceptors (Lipinski definition) is 5. The molecule has 0 radical (unpaired) electrons. The molecule has 1 fully saturated rings. The number of methoxy groups -OCH3 is 1.